The first-order chi connectivity index (χ1) is 49.1. The average molecular weight is 1420 g/mol. The van der Waals surface area contributed by atoms with Gasteiger partial charge < -0.3 is 65.1 Å². The van der Waals surface area contributed by atoms with Crippen molar-refractivity contribution in [2.24, 2.45) is 0 Å². The minimum atomic E-state index is -1.79. The van der Waals surface area contributed by atoms with Crippen molar-refractivity contribution in [3.8, 4) is 0 Å². The van der Waals surface area contributed by atoms with Crippen molar-refractivity contribution >= 4 is 5.91 Å². The van der Waals surface area contributed by atoms with Crippen molar-refractivity contribution in [2.45, 2.75) is 460 Å². The van der Waals surface area contributed by atoms with Crippen LogP contribution in [0.1, 0.15) is 386 Å². The standard InChI is InChI=1S/C86H159NO13/c1-3-5-7-9-11-13-15-17-19-21-23-25-27-29-31-33-35-36-37-38-40-42-44-46-48-50-52-54-56-58-60-62-64-66-68-70-78(91)87-74(73-97-85-83(96)81(94)84(77(72-89)99-85)100-86-82(95)80(93)79(92)76(71-88)98-86)75(90)69-67-65-63-61-59-57-55-53-51-49-47-45-43-41-39-34-32-30-28-26-24-22-20-18-16-14-12-10-8-6-4-2/h15,17,21,23,51,53,59,61,67,69,74-77,79-86,88-90,92-96H,3-14,16,18-20,22,24-50,52,54-58,60,62-66,68,70-73H2,1-2H3,(H,87,91)/b17-15-,23-21-,53-51+,61-59+,69-67+. The number of unbranched alkanes of at least 4 members (excludes halogenated alkanes) is 51. The van der Waals surface area contributed by atoms with Gasteiger partial charge in [0.25, 0.3) is 0 Å². The van der Waals surface area contributed by atoms with Gasteiger partial charge in [-0.3, -0.25) is 4.79 Å². The molecule has 2 rings (SSSR count). The number of rotatable bonds is 72. The topological polar surface area (TPSA) is 228 Å². The van der Waals surface area contributed by atoms with Gasteiger partial charge in [-0.15, -0.1) is 0 Å². The lowest BCUT2D eigenvalue weighted by molar-refractivity contribution is -0.359. The van der Waals surface area contributed by atoms with Gasteiger partial charge in [-0.2, -0.15) is 0 Å². The van der Waals surface area contributed by atoms with E-state index in [1.807, 2.05) is 6.08 Å². The number of carbonyl (C=O) groups is 1. The Labute approximate surface area is 613 Å². The molecule has 2 fully saturated rings. The molecule has 2 saturated heterocycles. The maximum atomic E-state index is 13.4. The maximum Gasteiger partial charge on any atom is 0.220 e. The molecule has 14 heteroatoms. The number of amides is 1. The quantitative estimate of drug-likeness (QED) is 0.0204. The van der Waals surface area contributed by atoms with E-state index in [0.717, 1.165) is 51.4 Å². The molecule has 12 unspecified atom stereocenters. The van der Waals surface area contributed by atoms with Crippen LogP contribution in [0.25, 0.3) is 0 Å². The largest absolute Gasteiger partial charge is 0.394 e. The highest BCUT2D eigenvalue weighted by atomic mass is 16.7. The highest BCUT2D eigenvalue weighted by Gasteiger charge is 2.51. The molecule has 0 spiro atoms. The Kier molecular flexibility index (Phi) is 65.4. The lowest BCUT2D eigenvalue weighted by Gasteiger charge is -2.46. The summed E-state index contributed by atoms with van der Waals surface area (Å²) in [5.41, 5.74) is 0. The predicted molar refractivity (Wildman–Crippen MR) is 415 cm³/mol. The number of aliphatic hydroxyl groups excluding tert-OH is 8. The van der Waals surface area contributed by atoms with Crippen LogP contribution < -0.4 is 5.32 Å². The molecule has 9 N–H and O–H groups in total. The van der Waals surface area contributed by atoms with Crippen molar-refractivity contribution in [3.05, 3.63) is 60.8 Å². The van der Waals surface area contributed by atoms with Crippen LogP contribution in [-0.2, 0) is 23.7 Å². The van der Waals surface area contributed by atoms with Crippen LogP contribution in [0.4, 0.5) is 0 Å². The summed E-state index contributed by atoms with van der Waals surface area (Å²) in [5, 5.41) is 87.7. The summed E-state index contributed by atoms with van der Waals surface area (Å²) >= 11 is 0. The van der Waals surface area contributed by atoms with E-state index in [1.165, 1.54) is 302 Å². The molecule has 0 aromatic rings. The smallest absolute Gasteiger partial charge is 0.220 e. The summed E-state index contributed by atoms with van der Waals surface area (Å²) < 4.78 is 22.9. The zero-order valence-corrected chi connectivity index (χ0v) is 64.5. The minimum Gasteiger partial charge on any atom is -0.394 e. The van der Waals surface area contributed by atoms with E-state index in [9.17, 15) is 45.6 Å². The molecule has 12 atom stereocenters. The number of ether oxygens (including phenoxy) is 4. The average Bonchev–Trinajstić information content (AvgIpc) is 0.790. The van der Waals surface area contributed by atoms with E-state index in [1.54, 1.807) is 6.08 Å². The summed E-state index contributed by atoms with van der Waals surface area (Å²) in [4.78, 5) is 13.4. The van der Waals surface area contributed by atoms with Crippen LogP contribution in [0.2, 0.25) is 0 Å². The van der Waals surface area contributed by atoms with Gasteiger partial charge in [-0.1, -0.05) is 364 Å². The molecule has 100 heavy (non-hydrogen) atoms. The third-order valence-corrected chi connectivity index (χ3v) is 20.7. The number of hydrogen-bond acceptors (Lipinski definition) is 13. The molecule has 14 nitrogen and oxygen atoms in total. The normalized spacial score (nSPS) is 22.1. The van der Waals surface area contributed by atoms with Gasteiger partial charge in [0, 0.05) is 6.42 Å². The Morgan fingerprint density at radius 3 is 1.04 bits per heavy atom. The van der Waals surface area contributed by atoms with Gasteiger partial charge in [0.2, 0.25) is 5.91 Å². The molecule has 586 valence electrons. The number of allylic oxidation sites excluding steroid dienone is 9. The fourth-order valence-electron chi connectivity index (χ4n) is 13.9. The van der Waals surface area contributed by atoms with Crippen molar-refractivity contribution < 1.29 is 64.6 Å². The monoisotopic (exact) mass is 1410 g/mol. The van der Waals surface area contributed by atoms with Crippen molar-refractivity contribution in [2.75, 3.05) is 19.8 Å². The molecule has 0 aromatic carbocycles. The highest BCUT2D eigenvalue weighted by Crippen LogP contribution is 2.30. The highest BCUT2D eigenvalue weighted by molar-refractivity contribution is 5.76. The molecule has 0 radical (unpaired) electrons. The maximum absolute atomic E-state index is 13.4. The van der Waals surface area contributed by atoms with E-state index >= 15 is 0 Å². The molecule has 0 bridgehead atoms. The van der Waals surface area contributed by atoms with E-state index < -0.39 is 86.8 Å². The Hall–Kier alpha value is -2.31. The van der Waals surface area contributed by atoms with Crippen molar-refractivity contribution in [3.63, 3.8) is 0 Å². The molecule has 0 saturated carbocycles. The number of hydrogen-bond donors (Lipinski definition) is 9. The third kappa shape index (κ3) is 51.8. The summed E-state index contributed by atoms with van der Waals surface area (Å²) in [5.74, 6) is -0.247. The second-order valence-electron chi connectivity index (χ2n) is 29.9. The Morgan fingerprint density at radius 2 is 0.670 bits per heavy atom. The molecule has 0 aliphatic carbocycles. The van der Waals surface area contributed by atoms with Crippen LogP contribution in [-0.4, -0.2) is 140 Å². The van der Waals surface area contributed by atoms with Gasteiger partial charge in [0.05, 0.1) is 32.0 Å². The third-order valence-electron chi connectivity index (χ3n) is 20.7. The molecular weight excluding hydrogens is 1250 g/mol. The Bertz CT molecular complexity index is 1910. The summed E-state index contributed by atoms with van der Waals surface area (Å²) in [6.45, 7) is 2.83. The summed E-state index contributed by atoms with van der Waals surface area (Å²) in [7, 11) is 0. The molecule has 2 heterocycles. The van der Waals surface area contributed by atoms with Crippen LogP contribution in [0.15, 0.2) is 60.8 Å². The zero-order chi connectivity index (χ0) is 72.2. The lowest BCUT2D eigenvalue weighted by atomic mass is 9.97. The van der Waals surface area contributed by atoms with Crippen molar-refractivity contribution in [1.29, 1.82) is 0 Å². The molecular formula is C86H159NO13. The first kappa shape index (κ1) is 93.8. The fraction of sp³-hybridized carbons (Fsp3) is 0.872. The molecule has 2 aliphatic rings. The number of aliphatic hydroxyl groups is 8. The number of nitrogens with one attached hydrogen (secondary N) is 1. The van der Waals surface area contributed by atoms with E-state index in [2.05, 4.69) is 67.8 Å². The second kappa shape index (κ2) is 69.7. The van der Waals surface area contributed by atoms with E-state index in [-0.39, 0.29) is 18.9 Å². The van der Waals surface area contributed by atoms with Crippen LogP contribution in [0.5, 0.6) is 0 Å². The summed E-state index contributed by atoms with van der Waals surface area (Å²) in [6.07, 6.45) is 79.0. The van der Waals surface area contributed by atoms with E-state index in [4.69, 9.17) is 18.9 Å². The van der Waals surface area contributed by atoms with Gasteiger partial charge in [0.15, 0.2) is 12.6 Å². The van der Waals surface area contributed by atoms with Gasteiger partial charge in [0.1, 0.15) is 48.8 Å². The van der Waals surface area contributed by atoms with Crippen molar-refractivity contribution in [1.82, 2.24) is 5.32 Å². The van der Waals surface area contributed by atoms with Crippen LogP contribution in [0.3, 0.4) is 0 Å². The predicted octanol–water partition coefficient (Wildman–Crippen LogP) is 19.9. The second-order valence-corrected chi connectivity index (χ2v) is 29.9. The molecule has 2 aliphatic heterocycles. The SMILES string of the molecule is CCCCCCC/C=C\C/C=C\CCCCCCCCCCCCCCCCCCCCCCCCCC(=O)NC(COC1OC(CO)C(OC2OC(CO)C(O)C(O)C2O)C(O)C1O)C(O)/C=C/CC/C=C/CC/C=C/CCCCCCCCCCCCCCCCCCCCCCC. The van der Waals surface area contributed by atoms with Crippen LogP contribution in [0, 0.1) is 0 Å². The fourth-order valence-corrected chi connectivity index (χ4v) is 13.9. The van der Waals surface area contributed by atoms with E-state index in [0.29, 0.717) is 12.8 Å². The molecule has 1 amide bonds. The Morgan fingerprint density at radius 1 is 0.360 bits per heavy atom. The van der Waals surface area contributed by atoms with Gasteiger partial charge in [-0.05, 0) is 77.0 Å². The lowest BCUT2D eigenvalue weighted by Crippen LogP contribution is -2.65. The first-order valence-electron chi connectivity index (χ1n) is 42.5. The molecule has 0 aromatic heterocycles. The van der Waals surface area contributed by atoms with Gasteiger partial charge in [-0.25, -0.2) is 0 Å². The first-order valence-corrected chi connectivity index (χ1v) is 42.5. The minimum absolute atomic E-state index is 0.247. The summed E-state index contributed by atoms with van der Waals surface area (Å²) in [6, 6.07) is -0.941. The number of carbonyl (C=O) groups excluding carboxylic acids is 1. The van der Waals surface area contributed by atoms with Crippen LogP contribution >= 0.6 is 0 Å². The zero-order valence-electron chi connectivity index (χ0n) is 64.5. The Balaban J connectivity index is 1.61. The van der Waals surface area contributed by atoms with Gasteiger partial charge >= 0.3 is 0 Å².